The van der Waals surface area contributed by atoms with Gasteiger partial charge in [0.15, 0.2) is 0 Å². The molecule has 0 spiro atoms. The summed E-state index contributed by atoms with van der Waals surface area (Å²) in [5, 5.41) is 5.48. The van der Waals surface area contributed by atoms with Crippen molar-refractivity contribution >= 4 is 17.5 Å². The monoisotopic (exact) mass is 310 g/mol. The van der Waals surface area contributed by atoms with Gasteiger partial charge in [0, 0.05) is 11.3 Å². The number of anilines is 1. The van der Waals surface area contributed by atoms with Crippen LogP contribution in [0.15, 0.2) is 36.4 Å². The SMILES string of the molecule is Cc1cc(C)cc(C(=O)NCC(=O)Nc2cccc(C)c2C)c1. The summed E-state index contributed by atoms with van der Waals surface area (Å²) in [6.45, 7) is 7.78. The van der Waals surface area contributed by atoms with Crippen molar-refractivity contribution in [2.75, 3.05) is 11.9 Å². The Morgan fingerprint density at radius 1 is 0.957 bits per heavy atom. The summed E-state index contributed by atoms with van der Waals surface area (Å²) in [6.07, 6.45) is 0. The van der Waals surface area contributed by atoms with Gasteiger partial charge in [-0.1, -0.05) is 29.3 Å². The van der Waals surface area contributed by atoms with Crippen molar-refractivity contribution in [2.45, 2.75) is 27.7 Å². The van der Waals surface area contributed by atoms with Crippen LogP contribution in [0.25, 0.3) is 0 Å². The molecule has 0 fully saturated rings. The average Bonchev–Trinajstić information content (AvgIpc) is 2.48. The Labute approximate surface area is 136 Å². The van der Waals surface area contributed by atoms with Gasteiger partial charge in [-0.05, 0) is 57.0 Å². The van der Waals surface area contributed by atoms with Crippen molar-refractivity contribution in [2.24, 2.45) is 0 Å². The molecule has 2 aromatic rings. The molecule has 4 nitrogen and oxygen atoms in total. The maximum absolute atomic E-state index is 12.1. The molecule has 0 saturated carbocycles. The van der Waals surface area contributed by atoms with Crippen LogP contribution < -0.4 is 10.6 Å². The van der Waals surface area contributed by atoms with Gasteiger partial charge in [0.2, 0.25) is 5.91 Å². The molecule has 2 N–H and O–H groups in total. The van der Waals surface area contributed by atoms with Gasteiger partial charge in [-0.25, -0.2) is 0 Å². The van der Waals surface area contributed by atoms with Crippen molar-refractivity contribution in [1.29, 1.82) is 0 Å². The van der Waals surface area contributed by atoms with Gasteiger partial charge in [0.05, 0.1) is 6.54 Å². The van der Waals surface area contributed by atoms with Crippen LogP contribution in [-0.2, 0) is 4.79 Å². The topological polar surface area (TPSA) is 58.2 Å². The Kier molecular flexibility index (Phi) is 5.16. The van der Waals surface area contributed by atoms with Crippen molar-refractivity contribution in [1.82, 2.24) is 5.32 Å². The molecule has 0 saturated heterocycles. The van der Waals surface area contributed by atoms with Crippen molar-refractivity contribution in [3.05, 3.63) is 64.2 Å². The molecule has 0 heterocycles. The first-order chi connectivity index (χ1) is 10.9. The van der Waals surface area contributed by atoms with Crippen LogP contribution >= 0.6 is 0 Å². The van der Waals surface area contributed by atoms with Crippen LogP contribution in [-0.4, -0.2) is 18.4 Å². The number of carbonyl (C=O) groups excluding carboxylic acids is 2. The third-order valence-corrected chi connectivity index (χ3v) is 3.77. The van der Waals surface area contributed by atoms with E-state index in [1.165, 1.54) is 0 Å². The largest absolute Gasteiger partial charge is 0.343 e. The lowest BCUT2D eigenvalue weighted by atomic mass is 10.1. The van der Waals surface area contributed by atoms with Gasteiger partial charge in [0.25, 0.3) is 5.91 Å². The molecule has 0 aliphatic rings. The Balaban J connectivity index is 1.96. The molecule has 23 heavy (non-hydrogen) atoms. The third-order valence-electron chi connectivity index (χ3n) is 3.77. The second kappa shape index (κ2) is 7.09. The lowest BCUT2D eigenvalue weighted by Crippen LogP contribution is -2.33. The number of nitrogens with one attached hydrogen (secondary N) is 2. The van der Waals surface area contributed by atoms with Crippen LogP contribution in [0.1, 0.15) is 32.6 Å². The number of amides is 2. The van der Waals surface area contributed by atoms with Crippen LogP contribution in [0.2, 0.25) is 0 Å². The van der Waals surface area contributed by atoms with E-state index in [4.69, 9.17) is 0 Å². The number of aryl methyl sites for hydroxylation is 3. The predicted octanol–water partition coefficient (Wildman–Crippen LogP) is 3.29. The maximum atomic E-state index is 12.1. The quantitative estimate of drug-likeness (QED) is 0.910. The number of hydrogen-bond acceptors (Lipinski definition) is 2. The Hall–Kier alpha value is -2.62. The Morgan fingerprint density at radius 2 is 1.61 bits per heavy atom. The summed E-state index contributed by atoms with van der Waals surface area (Å²) in [4.78, 5) is 24.2. The molecule has 4 heteroatoms. The average molecular weight is 310 g/mol. The first-order valence-electron chi connectivity index (χ1n) is 7.59. The van der Waals surface area contributed by atoms with Crippen LogP contribution in [0.3, 0.4) is 0 Å². The summed E-state index contributed by atoms with van der Waals surface area (Å²) in [6, 6.07) is 11.4. The van der Waals surface area contributed by atoms with E-state index in [1.807, 2.05) is 64.1 Å². The fraction of sp³-hybridized carbons (Fsp3) is 0.263. The molecule has 0 aliphatic heterocycles. The van der Waals surface area contributed by atoms with E-state index in [0.717, 1.165) is 27.9 Å². The minimum Gasteiger partial charge on any atom is -0.343 e. The second-order valence-corrected chi connectivity index (χ2v) is 5.85. The van der Waals surface area contributed by atoms with Gasteiger partial charge >= 0.3 is 0 Å². The molecule has 0 aromatic heterocycles. The van der Waals surface area contributed by atoms with E-state index in [2.05, 4.69) is 10.6 Å². The van der Waals surface area contributed by atoms with Crippen LogP contribution in [0.5, 0.6) is 0 Å². The van der Waals surface area contributed by atoms with Crippen LogP contribution in [0, 0.1) is 27.7 Å². The standard InChI is InChI=1S/C19H22N2O2/c1-12-8-13(2)10-16(9-12)19(23)20-11-18(22)21-17-7-5-6-14(3)15(17)4/h5-10H,11H2,1-4H3,(H,20,23)(H,21,22). The number of carbonyl (C=O) groups is 2. The summed E-state index contributed by atoms with van der Waals surface area (Å²) >= 11 is 0. The molecule has 0 aliphatic carbocycles. The fourth-order valence-electron chi connectivity index (χ4n) is 2.45. The molecule has 0 radical (unpaired) electrons. The smallest absolute Gasteiger partial charge is 0.251 e. The van der Waals surface area contributed by atoms with E-state index in [1.54, 1.807) is 0 Å². The molecule has 0 bridgehead atoms. The lowest BCUT2D eigenvalue weighted by Gasteiger charge is -2.11. The van der Waals surface area contributed by atoms with E-state index < -0.39 is 0 Å². The summed E-state index contributed by atoms with van der Waals surface area (Å²) in [5.41, 5.74) is 5.53. The minimum absolute atomic E-state index is 0.0563. The molecule has 2 amide bonds. The molecule has 0 unspecified atom stereocenters. The molecule has 0 atom stereocenters. The van der Waals surface area contributed by atoms with Gasteiger partial charge in [0.1, 0.15) is 0 Å². The van der Waals surface area contributed by atoms with E-state index in [9.17, 15) is 9.59 Å². The molecular formula is C19H22N2O2. The van der Waals surface area contributed by atoms with Crippen LogP contribution in [0.4, 0.5) is 5.69 Å². The van der Waals surface area contributed by atoms with Crippen molar-refractivity contribution < 1.29 is 9.59 Å². The third kappa shape index (κ3) is 4.42. The van der Waals surface area contributed by atoms with Gasteiger partial charge in [-0.15, -0.1) is 0 Å². The zero-order valence-corrected chi connectivity index (χ0v) is 14.0. The van der Waals surface area contributed by atoms with Crippen molar-refractivity contribution in [3.63, 3.8) is 0 Å². The minimum atomic E-state index is -0.243. The zero-order valence-electron chi connectivity index (χ0n) is 14.0. The highest BCUT2D eigenvalue weighted by molar-refractivity contribution is 5.99. The predicted molar refractivity (Wildman–Crippen MR) is 92.8 cm³/mol. The fourth-order valence-corrected chi connectivity index (χ4v) is 2.45. The van der Waals surface area contributed by atoms with Crippen molar-refractivity contribution in [3.8, 4) is 0 Å². The summed E-state index contributed by atoms with van der Waals surface area (Å²) in [5.74, 6) is -0.482. The first kappa shape index (κ1) is 16.7. The number of rotatable bonds is 4. The summed E-state index contributed by atoms with van der Waals surface area (Å²) in [7, 11) is 0. The number of benzene rings is 2. The Bertz CT molecular complexity index is 731. The normalized spacial score (nSPS) is 10.3. The lowest BCUT2D eigenvalue weighted by molar-refractivity contribution is -0.115. The molecular weight excluding hydrogens is 288 g/mol. The second-order valence-electron chi connectivity index (χ2n) is 5.85. The van der Waals surface area contributed by atoms with E-state index in [0.29, 0.717) is 5.56 Å². The molecule has 2 rings (SSSR count). The highest BCUT2D eigenvalue weighted by Crippen LogP contribution is 2.17. The van der Waals surface area contributed by atoms with Gasteiger partial charge in [-0.2, -0.15) is 0 Å². The Morgan fingerprint density at radius 3 is 2.26 bits per heavy atom. The van der Waals surface area contributed by atoms with Gasteiger partial charge < -0.3 is 10.6 Å². The van der Waals surface area contributed by atoms with E-state index >= 15 is 0 Å². The highest BCUT2D eigenvalue weighted by atomic mass is 16.2. The highest BCUT2D eigenvalue weighted by Gasteiger charge is 2.10. The summed E-state index contributed by atoms with van der Waals surface area (Å²) < 4.78 is 0. The molecule has 2 aromatic carbocycles. The van der Waals surface area contributed by atoms with Gasteiger partial charge in [-0.3, -0.25) is 9.59 Å². The number of hydrogen-bond donors (Lipinski definition) is 2. The first-order valence-corrected chi connectivity index (χ1v) is 7.59. The van der Waals surface area contributed by atoms with E-state index in [-0.39, 0.29) is 18.4 Å². The maximum Gasteiger partial charge on any atom is 0.251 e. The zero-order chi connectivity index (χ0) is 17.0. The molecule has 120 valence electrons.